The molecule has 1 unspecified atom stereocenters. The Morgan fingerprint density at radius 1 is 1.23 bits per heavy atom. The number of nitrogens with two attached hydrogens (primary N) is 1. The van der Waals surface area contributed by atoms with Gasteiger partial charge in [-0.1, -0.05) is 11.8 Å². The third-order valence-corrected chi connectivity index (χ3v) is 8.50. The monoisotopic (exact) mass is 429 g/mol. The van der Waals surface area contributed by atoms with Gasteiger partial charge in [0.15, 0.2) is 0 Å². The van der Waals surface area contributed by atoms with Crippen LogP contribution in [0.15, 0.2) is 11.2 Å². The predicted molar refractivity (Wildman–Crippen MR) is 116 cm³/mol. The van der Waals surface area contributed by atoms with Crippen LogP contribution in [-0.2, 0) is 4.79 Å². The molecule has 4 saturated carbocycles. The first-order valence-corrected chi connectivity index (χ1v) is 12.0. The molecular weight excluding hydrogens is 398 g/mol. The van der Waals surface area contributed by atoms with Crippen LogP contribution in [-0.4, -0.2) is 42.4 Å². The Hall–Kier alpha value is -2.03. The normalized spacial score (nSPS) is 30.6. The van der Waals surface area contributed by atoms with Crippen LogP contribution in [0.2, 0.25) is 0 Å². The van der Waals surface area contributed by atoms with Crippen molar-refractivity contribution >= 4 is 17.7 Å². The van der Waals surface area contributed by atoms with E-state index >= 15 is 0 Å². The van der Waals surface area contributed by atoms with Crippen LogP contribution >= 0.6 is 11.8 Å². The average molecular weight is 430 g/mol. The minimum atomic E-state index is 0.0407. The molecule has 4 bridgehead atoms. The van der Waals surface area contributed by atoms with Gasteiger partial charge in [-0.25, -0.2) is 9.36 Å². The van der Waals surface area contributed by atoms with Gasteiger partial charge in [-0.3, -0.25) is 4.79 Å². The number of hydrogen-bond donors (Lipinski definition) is 2. The molecule has 2 aromatic rings. The van der Waals surface area contributed by atoms with E-state index in [0.29, 0.717) is 16.5 Å². The molecule has 9 heteroatoms. The van der Waals surface area contributed by atoms with Gasteiger partial charge >= 0.3 is 0 Å². The molecule has 2 heterocycles. The fourth-order valence-corrected chi connectivity index (χ4v) is 7.28. The number of hydrogen-bond acceptors (Lipinski definition) is 6. The van der Waals surface area contributed by atoms with Gasteiger partial charge in [0.1, 0.15) is 0 Å². The molecule has 0 saturated heterocycles. The standard InChI is InChI=1S/C21H31N7OS/c1-12-4-13(2)28(26-12)19-24-25-20(27(19)22)30-11-18(29)23-14(3)21-8-15-5-16(9-21)7-17(6-15)10-21/h4,14-17H,5-11,22H2,1-3H3,(H,23,29). The van der Waals surface area contributed by atoms with Crippen molar-refractivity contribution in [2.45, 2.75) is 70.5 Å². The van der Waals surface area contributed by atoms with Crippen LogP contribution in [0.1, 0.15) is 56.8 Å². The fourth-order valence-electron chi connectivity index (χ4n) is 6.62. The molecule has 8 nitrogen and oxygen atoms in total. The number of rotatable bonds is 6. The minimum absolute atomic E-state index is 0.0407. The highest BCUT2D eigenvalue weighted by atomic mass is 32.2. The molecule has 0 aliphatic heterocycles. The quantitative estimate of drug-likeness (QED) is 0.540. The van der Waals surface area contributed by atoms with Crippen molar-refractivity contribution in [1.29, 1.82) is 0 Å². The molecule has 4 aliphatic carbocycles. The van der Waals surface area contributed by atoms with Crippen molar-refractivity contribution in [3.63, 3.8) is 0 Å². The van der Waals surface area contributed by atoms with E-state index in [9.17, 15) is 4.79 Å². The van der Waals surface area contributed by atoms with E-state index in [1.807, 2.05) is 19.9 Å². The van der Waals surface area contributed by atoms with Crippen LogP contribution in [0.3, 0.4) is 0 Å². The van der Waals surface area contributed by atoms with Crippen LogP contribution in [0, 0.1) is 37.0 Å². The molecule has 1 atom stereocenters. The molecule has 0 aromatic carbocycles. The second-order valence-corrected chi connectivity index (χ2v) is 10.8. The molecule has 1 amide bonds. The highest BCUT2D eigenvalue weighted by molar-refractivity contribution is 7.99. The second-order valence-electron chi connectivity index (χ2n) is 9.85. The Labute approximate surface area is 181 Å². The largest absolute Gasteiger partial charge is 0.352 e. The number of nitrogens with one attached hydrogen (secondary N) is 1. The topological polar surface area (TPSA) is 104 Å². The Kier molecular flexibility index (Phi) is 4.83. The summed E-state index contributed by atoms with van der Waals surface area (Å²) >= 11 is 1.31. The van der Waals surface area contributed by atoms with Crippen LogP contribution in [0.5, 0.6) is 0 Å². The van der Waals surface area contributed by atoms with Gasteiger partial charge in [-0.15, -0.1) is 10.2 Å². The molecule has 162 valence electrons. The summed E-state index contributed by atoms with van der Waals surface area (Å²) in [4.78, 5) is 12.7. The summed E-state index contributed by atoms with van der Waals surface area (Å²) in [6.45, 7) is 6.08. The lowest BCUT2D eigenvalue weighted by molar-refractivity contribution is -0.123. The number of aryl methyl sites for hydroxylation is 2. The zero-order valence-electron chi connectivity index (χ0n) is 18.0. The first-order valence-electron chi connectivity index (χ1n) is 11.0. The number of aromatic nitrogens is 5. The molecule has 6 rings (SSSR count). The van der Waals surface area contributed by atoms with E-state index in [1.165, 1.54) is 55.0 Å². The SMILES string of the molecule is Cc1cc(C)n(-c2nnc(SCC(=O)NC(C)C34CC5CC(CC(C5)C3)C4)n2N)n1. The smallest absolute Gasteiger partial charge is 0.271 e. The first-order chi connectivity index (χ1) is 14.3. The molecule has 0 spiro atoms. The van der Waals surface area contributed by atoms with E-state index < -0.39 is 0 Å². The van der Waals surface area contributed by atoms with E-state index in [2.05, 4.69) is 27.5 Å². The van der Waals surface area contributed by atoms with Gasteiger partial charge in [0, 0.05) is 11.7 Å². The summed E-state index contributed by atoms with van der Waals surface area (Å²) in [5, 5.41) is 16.5. The first kappa shape index (κ1) is 19.9. The van der Waals surface area contributed by atoms with E-state index in [4.69, 9.17) is 5.84 Å². The van der Waals surface area contributed by atoms with Gasteiger partial charge in [0.05, 0.1) is 11.4 Å². The van der Waals surface area contributed by atoms with Crippen LogP contribution in [0.4, 0.5) is 0 Å². The number of amides is 1. The third kappa shape index (κ3) is 3.40. The summed E-state index contributed by atoms with van der Waals surface area (Å²) < 4.78 is 3.07. The predicted octanol–water partition coefficient (Wildman–Crippen LogP) is 2.61. The number of nitrogens with zero attached hydrogens (tertiary/aromatic N) is 5. The maximum atomic E-state index is 12.7. The zero-order valence-corrected chi connectivity index (χ0v) is 18.8. The van der Waals surface area contributed by atoms with Crippen LogP contribution in [0.25, 0.3) is 5.95 Å². The maximum absolute atomic E-state index is 12.7. The van der Waals surface area contributed by atoms with Crippen molar-refractivity contribution in [3.05, 3.63) is 17.5 Å². The van der Waals surface area contributed by atoms with E-state index in [0.717, 1.165) is 29.1 Å². The Balaban J connectivity index is 1.20. The van der Waals surface area contributed by atoms with E-state index in [1.54, 1.807) is 4.68 Å². The second kappa shape index (κ2) is 7.28. The lowest BCUT2D eigenvalue weighted by Gasteiger charge is -2.59. The zero-order chi connectivity index (χ0) is 21.0. The Bertz CT molecular complexity index is 929. The van der Waals surface area contributed by atoms with Gasteiger partial charge in [-0.2, -0.15) is 5.10 Å². The van der Waals surface area contributed by atoms with Crippen molar-refractivity contribution in [1.82, 2.24) is 30.0 Å². The molecule has 4 aliphatic rings. The molecule has 3 N–H and O–H groups in total. The Morgan fingerprint density at radius 2 is 1.87 bits per heavy atom. The van der Waals surface area contributed by atoms with Crippen molar-refractivity contribution in [2.24, 2.45) is 23.2 Å². The molecular formula is C21H31N7OS. The average Bonchev–Trinajstić information content (AvgIpc) is 3.19. The summed E-state index contributed by atoms with van der Waals surface area (Å²) in [6, 6.07) is 2.18. The summed E-state index contributed by atoms with van der Waals surface area (Å²) in [5.74, 6) is 9.60. The minimum Gasteiger partial charge on any atom is -0.352 e. The highest BCUT2D eigenvalue weighted by Crippen LogP contribution is 2.61. The number of nitrogen functional groups attached to an aromatic ring is 1. The Morgan fingerprint density at radius 3 is 2.43 bits per heavy atom. The summed E-state index contributed by atoms with van der Waals surface area (Å²) in [7, 11) is 0. The lowest BCUT2D eigenvalue weighted by Crippen LogP contribution is -2.56. The number of thioether (sulfide) groups is 1. The molecule has 30 heavy (non-hydrogen) atoms. The summed E-state index contributed by atoms with van der Waals surface area (Å²) in [5.41, 5.74) is 2.14. The highest BCUT2D eigenvalue weighted by Gasteiger charge is 2.53. The summed E-state index contributed by atoms with van der Waals surface area (Å²) in [6.07, 6.45) is 8.11. The number of carbonyl (C=O) groups is 1. The van der Waals surface area contributed by atoms with E-state index in [-0.39, 0.29) is 17.7 Å². The molecule has 2 aromatic heterocycles. The van der Waals surface area contributed by atoms with Gasteiger partial charge in [0.2, 0.25) is 11.1 Å². The number of carbonyl (C=O) groups excluding carboxylic acids is 1. The van der Waals surface area contributed by atoms with Gasteiger partial charge < -0.3 is 11.2 Å². The lowest BCUT2D eigenvalue weighted by atomic mass is 9.48. The molecule has 0 radical (unpaired) electrons. The van der Waals surface area contributed by atoms with Gasteiger partial charge in [0.25, 0.3) is 5.95 Å². The van der Waals surface area contributed by atoms with Crippen molar-refractivity contribution < 1.29 is 4.79 Å². The van der Waals surface area contributed by atoms with Crippen molar-refractivity contribution in [3.8, 4) is 5.95 Å². The fraction of sp³-hybridized carbons (Fsp3) is 0.714. The van der Waals surface area contributed by atoms with Crippen LogP contribution < -0.4 is 11.2 Å². The molecule has 4 fully saturated rings. The third-order valence-electron chi connectivity index (χ3n) is 7.56. The van der Waals surface area contributed by atoms with Gasteiger partial charge in [-0.05, 0) is 88.5 Å². The van der Waals surface area contributed by atoms with Crippen molar-refractivity contribution in [2.75, 3.05) is 11.6 Å². The maximum Gasteiger partial charge on any atom is 0.271 e.